The summed E-state index contributed by atoms with van der Waals surface area (Å²) in [6, 6.07) is -4.54. The van der Waals surface area contributed by atoms with Gasteiger partial charge >= 0.3 is 11.9 Å². The molecule has 97 heavy (non-hydrogen) atoms. The van der Waals surface area contributed by atoms with Gasteiger partial charge in [0.25, 0.3) is 0 Å². The molecule has 22 N–H and O–H groups in total. The van der Waals surface area contributed by atoms with Crippen LogP contribution in [0.15, 0.2) is 60.8 Å². The van der Waals surface area contributed by atoms with E-state index in [0.717, 1.165) is 20.8 Å². The number of rotatable bonds is 40. The van der Waals surface area contributed by atoms with Crippen LogP contribution in [0.3, 0.4) is 0 Å². The van der Waals surface area contributed by atoms with Gasteiger partial charge in [-0.2, -0.15) is 12.6 Å². The van der Waals surface area contributed by atoms with E-state index in [2.05, 4.69) is 81.4 Å². The van der Waals surface area contributed by atoms with E-state index in [9.17, 15) is 97.5 Å². The lowest BCUT2D eigenvalue weighted by Crippen LogP contribution is -2.61. The van der Waals surface area contributed by atoms with E-state index >= 15 is 0 Å². The molecule has 0 aliphatic carbocycles. The monoisotopic (exact) mass is 1390 g/mol. The number of aliphatic hydroxyl groups excluding tert-OH is 4. The fourth-order valence-corrected chi connectivity index (χ4v) is 9.16. The Morgan fingerprint density at radius 3 is 1.46 bits per heavy atom. The number of nitrogens with one attached hydrogen (secondary N) is 14. The largest absolute Gasteiger partial charge is 0.481 e. The van der Waals surface area contributed by atoms with Gasteiger partial charge in [-0.1, -0.05) is 62.4 Å². The number of aromatic amines is 1. The Morgan fingerprint density at radius 2 is 0.907 bits per heavy atom. The molecule has 1 heterocycles. The van der Waals surface area contributed by atoms with Crippen LogP contribution in [0.1, 0.15) is 72.4 Å². The van der Waals surface area contributed by atoms with Crippen LogP contribution in [-0.2, 0) is 84.8 Å². The third-order valence-corrected chi connectivity index (χ3v) is 15.0. The van der Waals surface area contributed by atoms with Crippen LogP contribution >= 0.6 is 12.6 Å². The van der Waals surface area contributed by atoms with Crippen molar-refractivity contribution in [3.05, 3.63) is 71.9 Å². The summed E-state index contributed by atoms with van der Waals surface area (Å²) in [7, 11) is 0. The van der Waals surface area contributed by atoms with Crippen LogP contribution in [-0.4, -0.2) is 241 Å². The third kappa shape index (κ3) is 26.4. The molecule has 3 rings (SSSR count). The van der Waals surface area contributed by atoms with Crippen LogP contribution in [0.25, 0.3) is 10.9 Å². The van der Waals surface area contributed by atoms with Gasteiger partial charge < -0.3 is 110 Å². The fourth-order valence-electron chi connectivity index (χ4n) is 8.91. The van der Waals surface area contributed by atoms with Crippen molar-refractivity contribution in [3.8, 4) is 0 Å². The van der Waals surface area contributed by atoms with Crippen molar-refractivity contribution in [2.75, 3.05) is 32.1 Å². The van der Waals surface area contributed by atoms with E-state index in [1.54, 1.807) is 60.8 Å². The van der Waals surface area contributed by atoms with Gasteiger partial charge in [-0.3, -0.25) is 71.9 Å². The van der Waals surface area contributed by atoms with Gasteiger partial charge in [0.1, 0.15) is 78.5 Å². The Kier molecular flexibility index (Phi) is 33.5. The Labute approximate surface area is 561 Å². The second-order valence-electron chi connectivity index (χ2n) is 22.9. The number of carboxylic acids is 2. The molecule has 0 aliphatic heterocycles. The lowest BCUT2D eigenvalue weighted by Gasteiger charge is -2.27. The highest BCUT2D eigenvalue weighted by Crippen LogP contribution is 2.20. The van der Waals surface area contributed by atoms with Gasteiger partial charge in [0, 0.05) is 42.1 Å². The van der Waals surface area contributed by atoms with E-state index in [4.69, 9.17) is 10.8 Å². The first kappa shape index (κ1) is 81.4. The minimum atomic E-state index is -1.88. The van der Waals surface area contributed by atoms with Crippen LogP contribution in [0, 0.1) is 5.92 Å². The van der Waals surface area contributed by atoms with Gasteiger partial charge in [-0.25, -0.2) is 0 Å². The molecule has 0 spiro atoms. The highest BCUT2D eigenvalue weighted by Gasteiger charge is 2.37. The first-order valence-corrected chi connectivity index (χ1v) is 31.1. The highest BCUT2D eigenvalue weighted by molar-refractivity contribution is 7.80. The molecule has 1 aromatic heterocycles. The number of carbonyl (C=O) groups is 15. The number of thiol groups is 1. The minimum Gasteiger partial charge on any atom is -0.481 e. The van der Waals surface area contributed by atoms with Crippen LogP contribution in [0.2, 0.25) is 0 Å². The summed E-state index contributed by atoms with van der Waals surface area (Å²) in [5.41, 5.74) is 7.43. The lowest BCUT2D eigenvalue weighted by molar-refractivity contribution is -0.142. The average molecular weight is 1390 g/mol. The van der Waals surface area contributed by atoms with Crippen LogP contribution in [0.4, 0.5) is 0 Å². The zero-order chi connectivity index (χ0) is 73.0. The van der Waals surface area contributed by atoms with Crippen LogP contribution < -0.4 is 74.9 Å². The molecule has 2 aromatic carbocycles. The predicted octanol–water partition coefficient (Wildman–Crippen LogP) is -7.81. The quantitative estimate of drug-likeness (QED) is 0.0235. The number of benzene rings is 2. The van der Waals surface area contributed by atoms with Crippen LogP contribution in [0.5, 0.6) is 0 Å². The number of hydrogen-bond acceptors (Lipinski definition) is 21. The first-order valence-electron chi connectivity index (χ1n) is 30.5. The Morgan fingerprint density at radius 1 is 0.464 bits per heavy atom. The molecule has 13 amide bonds. The number of amides is 13. The summed E-state index contributed by atoms with van der Waals surface area (Å²) in [6.07, 6.45) is -1.75. The minimum absolute atomic E-state index is 0.131. The SMILES string of the molecule is CC(C)[C@H](NC(=O)CNC(=O)[C@H](CO)NC(=O)[C@H](Cc1ccccc1)NC(=O)[C@H](C)NC(=O)[C@H](Cc1c[nH]c2ccccc12)NC(=O)[C@H](CS)NC(=O)[C@@H](N)CO)C(=O)N[C@@H](C)C(=O)N[C@@H](C)C(=O)N[C@H](C(=O)N[C@@H](CCC(=O)O)C(=O)N[C@@H](CO)C(=O)N[C@@H](C)C(=O)O)[C@@H](C)O. The number of aliphatic hydroxyl groups is 4. The Balaban J connectivity index is 1.66. The molecule has 0 fully saturated rings. The number of para-hydroxylation sites is 1. The molecule has 0 saturated heterocycles. The number of aliphatic carboxylic acids is 2. The molecule has 0 radical (unpaired) electrons. The molecule has 3 aromatic rings. The number of carboxylic acid groups (broad SMARTS) is 2. The highest BCUT2D eigenvalue weighted by atomic mass is 32.1. The maximum Gasteiger partial charge on any atom is 0.325 e. The molecule has 534 valence electrons. The summed E-state index contributed by atoms with van der Waals surface area (Å²) in [4.78, 5) is 200. The summed E-state index contributed by atoms with van der Waals surface area (Å²) in [5, 5.41) is 89.1. The number of nitrogens with two attached hydrogens (primary N) is 1. The van der Waals surface area contributed by atoms with Gasteiger partial charge in [-0.05, 0) is 64.2 Å². The van der Waals surface area contributed by atoms with Crippen molar-refractivity contribution in [2.45, 2.75) is 159 Å². The van der Waals surface area contributed by atoms with Gasteiger partial charge in [-0.15, -0.1) is 0 Å². The summed E-state index contributed by atoms with van der Waals surface area (Å²) >= 11 is 4.16. The average Bonchev–Trinajstić information content (AvgIpc) is 1.73. The second kappa shape index (κ2) is 39.9. The van der Waals surface area contributed by atoms with E-state index in [1.165, 1.54) is 27.7 Å². The van der Waals surface area contributed by atoms with Crippen molar-refractivity contribution in [1.29, 1.82) is 0 Å². The van der Waals surface area contributed by atoms with Crippen molar-refractivity contribution in [2.24, 2.45) is 11.7 Å². The van der Waals surface area contributed by atoms with E-state index < -0.39 is 219 Å². The molecule has 36 nitrogen and oxygen atoms in total. The molecule has 0 saturated carbocycles. The molecule has 0 bridgehead atoms. The second-order valence-corrected chi connectivity index (χ2v) is 23.2. The first-order chi connectivity index (χ1) is 45.7. The van der Waals surface area contributed by atoms with E-state index in [1.807, 2.05) is 5.32 Å². The van der Waals surface area contributed by atoms with E-state index in [0.29, 0.717) is 22.0 Å². The zero-order valence-electron chi connectivity index (χ0n) is 54.1. The molecule has 0 unspecified atom stereocenters. The standard InChI is InChI=1S/C60H87N15O21S/c1-27(2)46(58(93)66-28(3)48(83)64-30(5)50(85)75-47(32(7)79)59(94)68-38(17-18-45(81)82)53(88)72-42(25-78)56(91)67-31(6)60(95)96)74-44(80)22-63-52(87)41(24-77)71-55(90)39(19-33-13-9-8-10-14-33)69-49(84)29(4)65-54(89)40(20-34-21-62-37-16-12-11-15-35(34)37)70-57(92)43(26-97)73-51(86)36(61)23-76/h8-16,21,27-32,36,38-43,46-47,62,76-79,97H,17-20,22-26,61H2,1-7H3,(H,63,87)(H,64,83)(H,65,89)(H,66,93)(H,67,91)(H,68,94)(H,69,84)(H,70,92)(H,71,90)(H,72,88)(H,73,86)(H,74,80)(H,75,85)(H,81,82)(H,95,96)/t28-,29-,30-,31-,32+,36-,38-,39-,40-,41-,42-,43-,46-,47-/m0/s1. The fraction of sp³-hybridized carbons (Fsp3) is 0.517. The predicted molar refractivity (Wildman–Crippen MR) is 345 cm³/mol. The van der Waals surface area contributed by atoms with Crippen molar-refractivity contribution >= 4 is 112 Å². The summed E-state index contributed by atoms with van der Waals surface area (Å²) in [6.45, 7) is 5.20. The topological polar surface area (TPSA) is 576 Å². The molecule has 0 aliphatic rings. The van der Waals surface area contributed by atoms with Gasteiger partial charge in [0.2, 0.25) is 76.8 Å². The summed E-state index contributed by atoms with van der Waals surface area (Å²) < 4.78 is 0. The Bertz CT molecular complexity index is 3280. The third-order valence-electron chi connectivity index (χ3n) is 14.6. The summed E-state index contributed by atoms with van der Waals surface area (Å²) in [5.74, 6) is -17.0. The Hall–Kier alpha value is -9.82. The number of aromatic nitrogens is 1. The molecule has 14 atom stereocenters. The molecular weight excluding hydrogens is 1300 g/mol. The smallest absolute Gasteiger partial charge is 0.325 e. The number of fused-ring (bicyclic) bond motifs is 1. The molecule has 37 heteroatoms. The van der Waals surface area contributed by atoms with Gasteiger partial charge in [0.15, 0.2) is 0 Å². The maximum absolute atomic E-state index is 14.1. The van der Waals surface area contributed by atoms with E-state index in [-0.39, 0.29) is 18.6 Å². The number of carbonyl (C=O) groups excluding carboxylic acids is 13. The van der Waals surface area contributed by atoms with Gasteiger partial charge in [0.05, 0.1) is 32.5 Å². The number of hydrogen-bond donors (Lipinski definition) is 22. The van der Waals surface area contributed by atoms with Crippen molar-refractivity contribution < 1.29 is 103 Å². The van der Waals surface area contributed by atoms with Crippen molar-refractivity contribution in [1.82, 2.24) is 74.1 Å². The zero-order valence-corrected chi connectivity index (χ0v) is 55.0. The lowest BCUT2D eigenvalue weighted by atomic mass is 10.0. The number of H-pyrrole nitrogens is 1. The van der Waals surface area contributed by atoms with Crippen molar-refractivity contribution in [3.63, 3.8) is 0 Å². The maximum atomic E-state index is 14.1. The normalized spacial score (nSPS) is 15.4. The molecular formula is C60H87N15O21S.